The van der Waals surface area contributed by atoms with Crippen molar-refractivity contribution < 1.29 is 9.84 Å². The third kappa shape index (κ3) is 3.14. The second kappa shape index (κ2) is 6.07. The van der Waals surface area contributed by atoms with E-state index in [0.29, 0.717) is 6.04 Å². The van der Waals surface area contributed by atoms with Crippen molar-refractivity contribution in [2.75, 3.05) is 7.05 Å². The van der Waals surface area contributed by atoms with Gasteiger partial charge in [-0.05, 0) is 19.3 Å². The van der Waals surface area contributed by atoms with Crippen molar-refractivity contribution in [1.29, 1.82) is 0 Å². The zero-order valence-electron chi connectivity index (χ0n) is 10.6. The number of nitrogens with zero attached hydrogens (tertiary/aromatic N) is 1. The fourth-order valence-corrected chi connectivity index (χ4v) is 3.48. The molecule has 2 rings (SSSR count). The van der Waals surface area contributed by atoms with Gasteiger partial charge in [0.05, 0.1) is 18.2 Å². The highest BCUT2D eigenvalue weighted by atomic mass is 32.2. The summed E-state index contributed by atoms with van der Waals surface area (Å²) in [5.74, 6) is 0. The number of unbranched alkanes of at least 4 members (excludes halogenated alkanes) is 1. The van der Waals surface area contributed by atoms with Gasteiger partial charge in [-0.15, -0.1) is 0 Å². The molecule has 0 saturated carbocycles. The van der Waals surface area contributed by atoms with Crippen LogP contribution in [-0.4, -0.2) is 41.0 Å². The van der Waals surface area contributed by atoms with Crippen LogP contribution < -0.4 is 5.32 Å². The van der Waals surface area contributed by atoms with Crippen LogP contribution in [0.4, 0.5) is 0 Å². The first-order valence-corrected chi connectivity index (χ1v) is 7.36. The van der Waals surface area contributed by atoms with Crippen LogP contribution in [0, 0.1) is 0 Å². The molecule has 0 radical (unpaired) electrons. The Balaban J connectivity index is 1.85. The predicted molar refractivity (Wildman–Crippen MR) is 71.3 cm³/mol. The first kappa shape index (κ1) is 13.2. The molecule has 5 heteroatoms. The van der Waals surface area contributed by atoms with Gasteiger partial charge in [0.2, 0.25) is 0 Å². The number of amidine groups is 1. The van der Waals surface area contributed by atoms with E-state index < -0.39 is 0 Å². The quantitative estimate of drug-likeness (QED) is 0.806. The van der Waals surface area contributed by atoms with Crippen molar-refractivity contribution in [3.8, 4) is 0 Å². The zero-order valence-corrected chi connectivity index (χ0v) is 11.4. The Hall–Kier alpha value is -0.260. The monoisotopic (exact) mass is 258 g/mol. The third-order valence-electron chi connectivity index (χ3n) is 3.42. The molecular formula is C12H22N2O2S. The Morgan fingerprint density at radius 2 is 2.41 bits per heavy atom. The molecule has 0 spiro atoms. The van der Waals surface area contributed by atoms with Crippen LogP contribution in [0.2, 0.25) is 0 Å². The topological polar surface area (TPSA) is 53.8 Å². The lowest BCUT2D eigenvalue weighted by Crippen LogP contribution is -2.44. The average Bonchev–Trinajstić information content (AvgIpc) is 2.77. The van der Waals surface area contributed by atoms with Gasteiger partial charge in [-0.2, -0.15) is 0 Å². The summed E-state index contributed by atoms with van der Waals surface area (Å²) in [7, 11) is 1.79. The van der Waals surface area contributed by atoms with Gasteiger partial charge in [0, 0.05) is 7.05 Å². The van der Waals surface area contributed by atoms with E-state index in [0.717, 1.165) is 37.3 Å². The molecule has 17 heavy (non-hydrogen) atoms. The van der Waals surface area contributed by atoms with E-state index in [2.05, 4.69) is 17.2 Å². The highest BCUT2D eigenvalue weighted by molar-refractivity contribution is 8.14. The number of hydrogen-bond donors (Lipinski definition) is 2. The molecule has 0 aromatic heterocycles. The molecule has 0 aromatic carbocycles. The fraction of sp³-hybridized carbons (Fsp3) is 0.917. The molecule has 4 atom stereocenters. The summed E-state index contributed by atoms with van der Waals surface area (Å²) in [5.41, 5.74) is 0.128. The Bertz CT molecular complexity index is 286. The number of aliphatic hydroxyl groups is 1. The molecule has 0 amide bonds. The van der Waals surface area contributed by atoms with Crippen LogP contribution in [0.1, 0.15) is 39.0 Å². The van der Waals surface area contributed by atoms with E-state index in [1.165, 1.54) is 0 Å². The van der Waals surface area contributed by atoms with E-state index in [1.54, 1.807) is 18.8 Å². The van der Waals surface area contributed by atoms with Gasteiger partial charge in [0.15, 0.2) is 5.17 Å². The minimum Gasteiger partial charge on any atom is -0.390 e. The second-order valence-corrected chi connectivity index (χ2v) is 5.81. The highest BCUT2D eigenvalue weighted by Crippen LogP contribution is 2.34. The molecule has 2 fully saturated rings. The van der Waals surface area contributed by atoms with Crippen LogP contribution >= 0.6 is 11.8 Å². The molecule has 2 heterocycles. The van der Waals surface area contributed by atoms with E-state index in [4.69, 9.17) is 4.74 Å². The number of nitrogens with one attached hydrogen (secondary N) is 1. The molecule has 2 saturated heterocycles. The summed E-state index contributed by atoms with van der Waals surface area (Å²) < 4.78 is 5.97. The molecule has 98 valence electrons. The normalized spacial score (nSPS) is 36.6. The number of fused-ring (bicyclic) bond motifs is 1. The first-order valence-electron chi connectivity index (χ1n) is 6.48. The van der Waals surface area contributed by atoms with Crippen LogP contribution in [0.15, 0.2) is 4.99 Å². The van der Waals surface area contributed by atoms with Gasteiger partial charge >= 0.3 is 0 Å². The first-order chi connectivity index (χ1) is 8.24. The molecule has 0 bridgehead atoms. The maximum absolute atomic E-state index is 10.1. The summed E-state index contributed by atoms with van der Waals surface area (Å²) in [5, 5.41) is 14.4. The van der Waals surface area contributed by atoms with Gasteiger partial charge in [-0.1, -0.05) is 31.5 Å². The van der Waals surface area contributed by atoms with Crippen molar-refractivity contribution in [3.63, 3.8) is 0 Å². The summed E-state index contributed by atoms with van der Waals surface area (Å²) in [6.07, 6.45) is 4.75. The molecular weight excluding hydrogens is 236 g/mol. The van der Waals surface area contributed by atoms with Gasteiger partial charge < -0.3 is 15.2 Å². The minimum absolute atomic E-state index is 0.00769. The largest absolute Gasteiger partial charge is 0.390 e. The smallest absolute Gasteiger partial charge is 0.159 e. The van der Waals surface area contributed by atoms with Crippen LogP contribution in [-0.2, 0) is 4.74 Å². The van der Waals surface area contributed by atoms with Crippen molar-refractivity contribution in [3.05, 3.63) is 0 Å². The zero-order chi connectivity index (χ0) is 12.3. The molecule has 0 aliphatic carbocycles. The Morgan fingerprint density at radius 1 is 1.59 bits per heavy atom. The van der Waals surface area contributed by atoms with E-state index in [-0.39, 0.29) is 17.6 Å². The van der Waals surface area contributed by atoms with Crippen LogP contribution in [0.3, 0.4) is 0 Å². The number of thioether (sulfide) groups is 1. The molecule has 2 aliphatic rings. The van der Waals surface area contributed by atoms with Crippen molar-refractivity contribution >= 4 is 16.9 Å². The van der Waals surface area contributed by atoms with Gasteiger partial charge in [0.1, 0.15) is 5.44 Å². The van der Waals surface area contributed by atoms with E-state index >= 15 is 0 Å². The SMILES string of the molecule is CCCC[C@H](O)[C@H]1CC[C@H]2NC(=NC)S[C@H]2O1. The summed E-state index contributed by atoms with van der Waals surface area (Å²) >= 11 is 1.65. The molecule has 2 N–H and O–H groups in total. The summed E-state index contributed by atoms with van der Waals surface area (Å²) in [4.78, 5) is 4.16. The van der Waals surface area contributed by atoms with Crippen molar-refractivity contribution in [2.24, 2.45) is 4.99 Å². The molecule has 4 nitrogen and oxygen atoms in total. The lowest BCUT2D eigenvalue weighted by atomic mass is 9.98. The standard InChI is InChI=1S/C12H22N2O2S/c1-3-4-5-9(15)10-7-6-8-11(16-10)17-12(13-2)14-8/h8-11,15H,3-7H2,1-2H3,(H,13,14)/t8-,9+,10-,11-/m1/s1. The maximum atomic E-state index is 10.1. The molecule has 0 unspecified atom stereocenters. The molecule has 2 aliphatic heterocycles. The molecule has 0 aromatic rings. The third-order valence-corrected chi connectivity index (χ3v) is 4.62. The highest BCUT2D eigenvalue weighted by Gasteiger charge is 2.39. The van der Waals surface area contributed by atoms with Crippen LogP contribution in [0.5, 0.6) is 0 Å². The second-order valence-electron chi connectivity index (χ2n) is 4.73. The van der Waals surface area contributed by atoms with Gasteiger partial charge in [-0.3, -0.25) is 4.99 Å². The Morgan fingerprint density at radius 3 is 3.12 bits per heavy atom. The summed E-state index contributed by atoms with van der Waals surface area (Å²) in [6.45, 7) is 2.14. The summed E-state index contributed by atoms with van der Waals surface area (Å²) in [6, 6.07) is 0.369. The van der Waals surface area contributed by atoms with Gasteiger partial charge in [-0.25, -0.2) is 0 Å². The number of aliphatic hydroxyl groups excluding tert-OH is 1. The van der Waals surface area contributed by atoms with E-state index in [1.807, 2.05) is 0 Å². The number of ether oxygens (including phenoxy) is 1. The van der Waals surface area contributed by atoms with E-state index in [9.17, 15) is 5.11 Å². The lowest BCUT2D eigenvalue weighted by molar-refractivity contribution is -0.0840. The van der Waals surface area contributed by atoms with Crippen molar-refractivity contribution in [2.45, 2.75) is 62.7 Å². The average molecular weight is 258 g/mol. The maximum Gasteiger partial charge on any atom is 0.159 e. The van der Waals surface area contributed by atoms with Gasteiger partial charge in [0.25, 0.3) is 0 Å². The number of hydrogen-bond acceptors (Lipinski definition) is 4. The minimum atomic E-state index is -0.306. The fourth-order valence-electron chi connectivity index (χ4n) is 2.37. The predicted octanol–water partition coefficient (Wildman–Crippen LogP) is 1.73. The Kier molecular flexibility index (Phi) is 4.70. The van der Waals surface area contributed by atoms with Crippen molar-refractivity contribution in [1.82, 2.24) is 5.32 Å². The van der Waals surface area contributed by atoms with Crippen LogP contribution in [0.25, 0.3) is 0 Å². The lowest BCUT2D eigenvalue weighted by Gasteiger charge is -2.33. The number of aliphatic imine (C=N–C) groups is 1. The number of rotatable bonds is 4. The Labute approximate surface area is 107 Å².